The summed E-state index contributed by atoms with van der Waals surface area (Å²) in [6, 6.07) is 3.97. The Bertz CT molecular complexity index is 408. The number of aromatic nitrogens is 2. The van der Waals surface area contributed by atoms with Crippen LogP contribution < -0.4 is 10.2 Å². The highest BCUT2D eigenvalue weighted by Crippen LogP contribution is 2.14. The minimum Gasteiger partial charge on any atom is -0.370 e. The maximum Gasteiger partial charge on any atom is 0.134 e. The molecule has 5 heteroatoms. The number of nitriles is 1. The number of rotatable bonds is 5. The van der Waals surface area contributed by atoms with Crippen molar-refractivity contribution in [3.05, 3.63) is 11.9 Å². The molecule has 0 bridgehead atoms. The van der Waals surface area contributed by atoms with Gasteiger partial charge >= 0.3 is 0 Å². The van der Waals surface area contributed by atoms with Crippen molar-refractivity contribution in [2.45, 2.75) is 20.8 Å². The highest BCUT2D eigenvalue weighted by Gasteiger charge is 2.06. The van der Waals surface area contributed by atoms with Crippen LogP contribution in [0.15, 0.2) is 6.07 Å². The Morgan fingerprint density at radius 3 is 2.76 bits per heavy atom. The second kappa shape index (κ2) is 6.04. The highest BCUT2D eigenvalue weighted by molar-refractivity contribution is 5.49. The minimum atomic E-state index is 0.320. The molecule has 1 rings (SSSR count). The Hall–Kier alpha value is -1.83. The Morgan fingerprint density at radius 1 is 1.47 bits per heavy atom. The average molecular weight is 233 g/mol. The molecule has 1 heterocycles. The van der Waals surface area contributed by atoms with Gasteiger partial charge in [0, 0.05) is 19.7 Å². The zero-order valence-corrected chi connectivity index (χ0v) is 10.9. The highest BCUT2D eigenvalue weighted by atomic mass is 15.2. The van der Waals surface area contributed by atoms with Crippen LogP contribution in [0, 0.1) is 24.2 Å². The van der Waals surface area contributed by atoms with E-state index in [1.54, 1.807) is 4.90 Å². The van der Waals surface area contributed by atoms with E-state index < -0.39 is 0 Å². The van der Waals surface area contributed by atoms with Crippen LogP contribution in [0.25, 0.3) is 0 Å². The first-order valence-corrected chi connectivity index (χ1v) is 5.70. The molecule has 0 spiro atoms. The summed E-state index contributed by atoms with van der Waals surface area (Å²) in [5.41, 5.74) is 0. The Morgan fingerprint density at radius 2 is 2.18 bits per heavy atom. The minimum absolute atomic E-state index is 0.320. The lowest BCUT2D eigenvalue weighted by atomic mass is 10.2. The molecule has 1 aromatic heterocycles. The van der Waals surface area contributed by atoms with E-state index >= 15 is 0 Å². The van der Waals surface area contributed by atoms with Crippen molar-refractivity contribution < 1.29 is 0 Å². The van der Waals surface area contributed by atoms with Crippen molar-refractivity contribution in [1.29, 1.82) is 5.26 Å². The van der Waals surface area contributed by atoms with Gasteiger partial charge in [-0.3, -0.25) is 0 Å². The summed E-state index contributed by atoms with van der Waals surface area (Å²) in [7, 11) is 1.84. The molecular formula is C12H19N5. The Kier molecular flexibility index (Phi) is 4.70. The maximum absolute atomic E-state index is 8.66. The largest absolute Gasteiger partial charge is 0.370 e. The summed E-state index contributed by atoms with van der Waals surface area (Å²) in [5, 5.41) is 11.9. The quantitative estimate of drug-likeness (QED) is 0.786. The molecule has 0 aliphatic rings. The van der Waals surface area contributed by atoms with Crippen LogP contribution in [-0.2, 0) is 0 Å². The molecule has 0 unspecified atom stereocenters. The summed E-state index contributed by atoms with van der Waals surface area (Å²) in [4.78, 5) is 10.4. The van der Waals surface area contributed by atoms with Crippen molar-refractivity contribution >= 4 is 11.6 Å². The molecule has 1 aromatic rings. The molecule has 0 saturated heterocycles. The first kappa shape index (κ1) is 13.2. The van der Waals surface area contributed by atoms with Gasteiger partial charge in [-0.1, -0.05) is 13.8 Å². The summed E-state index contributed by atoms with van der Waals surface area (Å²) in [5.74, 6) is 2.85. The molecule has 0 aliphatic heterocycles. The van der Waals surface area contributed by atoms with Gasteiger partial charge in [0.05, 0.1) is 6.07 Å². The van der Waals surface area contributed by atoms with Gasteiger partial charge in [-0.25, -0.2) is 9.97 Å². The number of hydrogen-bond acceptors (Lipinski definition) is 5. The fourth-order valence-corrected chi connectivity index (χ4v) is 1.33. The predicted octanol–water partition coefficient (Wildman–Crippen LogP) is 1.81. The van der Waals surface area contributed by atoms with Crippen molar-refractivity contribution in [1.82, 2.24) is 9.97 Å². The third-order valence-electron chi connectivity index (χ3n) is 2.21. The van der Waals surface area contributed by atoms with E-state index in [4.69, 9.17) is 5.26 Å². The second-order valence-electron chi connectivity index (χ2n) is 4.45. The van der Waals surface area contributed by atoms with Crippen LogP contribution >= 0.6 is 0 Å². The van der Waals surface area contributed by atoms with Gasteiger partial charge in [-0.2, -0.15) is 5.26 Å². The molecule has 0 radical (unpaired) electrons. The molecule has 0 amide bonds. The van der Waals surface area contributed by atoms with Crippen LogP contribution in [0.1, 0.15) is 19.7 Å². The fourth-order valence-electron chi connectivity index (χ4n) is 1.33. The molecule has 0 aromatic carbocycles. The summed E-state index contributed by atoms with van der Waals surface area (Å²) in [6.07, 6.45) is 0. The Labute approximate surface area is 102 Å². The lowest BCUT2D eigenvalue weighted by Crippen LogP contribution is -2.20. The first-order valence-electron chi connectivity index (χ1n) is 5.70. The second-order valence-corrected chi connectivity index (χ2v) is 4.45. The zero-order chi connectivity index (χ0) is 12.8. The van der Waals surface area contributed by atoms with E-state index in [1.807, 2.05) is 20.0 Å². The first-order chi connectivity index (χ1) is 8.02. The topological polar surface area (TPSA) is 64.8 Å². The number of hydrogen-bond donors (Lipinski definition) is 1. The number of nitrogens with zero attached hydrogens (tertiary/aromatic N) is 4. The van der Waals surface area contributed by atoms with Gasteiger partial charge in [0.1, 0.15) is 24.0 Å². The van der Waals surface area contributed by atoms with Crippen molar-refractivity contribution in [2.24, 2.45) is 5.92 Å². The van der Waals surface area contributed by atoms with Crippen LogP contribution in [0.4, 0.5) is 11.6 Å². The van der Waals surface area contributed by atoms with Gasteiger partial charge < -0.3 is 10.2 Å². The SMILES string of the molecule is Cc1nc(NCC(C)C)cc(N(C)CC#N)n1. The smallest absolute Gasteiger partial charge is 0.134 e. The predicted molar refractivity (Wildman–Crippen MR) is 69.0 cm³/mol. The molecule has 0 saturated carbocycles. The lowest BCUT2D eigenvalue weighted by Gasteiger charge is -2.16. The molecule has 17 heavy (non-hydrogen) atoms. The van der Waals surface area contributed by atoms with Crippen LogP contribution in [0.3, 0.4) is 0 Å². The molecule has 0 atom stereocenters. The van der Waals surface area contributed by atoms with E-state index in [2.05, 4.69) is 35.2 Å². The van der Waals surface area contributed by atoms with E-state index in [-0.39, 0.29) is 0 Å². The number of aryl methyl sites for hydroxylation is 1. The van der Waals surface area contributed by atoms with Crippen LogP contribution in [0.2, 0.25) is 0 Å². The van der Waals surface area contributed by atoms with Crippen molar-refractivity contribution in [3.63, 3.8) is 0 Å². The molecule has 0 aliphatic carbocycles. The van der Waals surface area contributed by atoms with Gasteiger partial charge in [-0.05, 0) is 12.8 Å². The normalized spacial score (nSPS) is 10.1. The van der Waals surface area contributed by atoms with E-state index in [0.29, 0.717) is 18.3 Å². The van der Waals surface area contributed by atoms with Crippen LogP contribution in [-0.4, -0.2) is 30.1 Å². The van der Waals surface area contributed by atoms with E-state index in [1.165, 1.54) is 0 Å². The summed E-state index contributed by atoms with van der Waals surface area (Å²) >= 11 is 0. The van der Waals surface area contributed by atoms with Gasteiger partial charge in [0.25, 0.3) is 0 Å². The molecule has 5 nitrogen and oxygen atoms in total. The van der Waals surface area contributed by atoms with Gasteiger partial charge in [-0.15, -0.1) is 0 Å². The summed E-state index contributed by atoms with van der Waals surface area (Å²) < 4.78 is 0. The molecular weight excluding hydrogens is 214 g/mol. The zero-order valence-electron chi connectivity index (χ0n) is 10.9. The molecule has 0 fully saturated rings. The molecule has 92 valence electrons. The number of nitrogens with one attached hydrogen (secondary N) is 1. The van der Waals surface area contributed by atoms with Crippen molar-refractivity contribution in [2.75, 3.05) is 30.4 Å². The van der Waals surface area contributed by atoms with Crippen molar-refractivity contribution in [3.8, 4) is 6.07 Å². The maximum atomic E-state index is 8.66. The fraction of sp³-hybridized carbons (Fsp3) is 0.583. The van der Waals surface area contributed by atoms with Crippen LogP contribution in [0.5, 0.6) is 0 Å². The van der Waals surface area contributed by atoms with E-state index in [9.17, 15) is 0 Å². The van der Waals surface area contributed by atoms with Gasteiger partial charge in [0.15, 0.2) is 0 Å². The number of anilines is 2. The molecule has 1 N–H and O–H groups in total. The average Bonchev–Trinajstić information content (AvgIpc) is 2.26. The lowest BCUT2D eigenvalue weighted by molar-refractivity contribution is 0.686. The summed E-state index contributed by atoms with van der Waals surface area (Å²) in [6.45, 7) is 7.33. The third-order valence-corrected chi connectivity index (χ3v) is 2.21. The third kappa shape index (κ3) is 4.27. The van der Waals surface area contributed by atoms with E-state index in [0.717, 1.165) is 18.2 Å². The monoisotopic (exact) mass is 233 g/mol. The standard InChI is InChI=1S/C12H19N5/c1-9(2)8-14-11-7-12(16-10(3)15-11)17(4)6-5-13/h7,9H,6,8H2,1-4H3,(H,14,15,16). The Balaban J connectivity index is 2.83. The van der Waals surface area contributed by atoms with Gasteiger partial charge in [0.2, 0.25) is 0 Å².